The molecule has 1 aliphatic heterocycles. The number of aromatic nitrogens is 2. The van der Waals surface area contributed by atoms with Crippen molar-refractivity contribution in [3.05, 3.63) is 41.7 Å². The molecule has 2 N–H and O–H groups in total. The third kappa shape index (κ3) is 4.18. The van der Waals surface area contributed by atoms with E-state index in [9.17, 15) is 0 Å². The van der Waals surface area contributed by atoms with E-state index in [0.717, 1.165) is 37.5 Å². The Morgan fingerprint density at radius 1 is 1.30 bits per heavy atom. The number of hydrogen-bond acceptors (Lipinski definition) is 6. The van der Waals surface area contributed by atoms with Crippen LogP contribution in [0.2, 0.25) is 0 Å². The molecule has 1 unspecified atom stereocenters. The van der Waals surface area contributed by atoms with Crippen molar-refractivity contribution in [1.82, 2.24) is 9.97 Å². The molecule has 1 aliphatic rings. The van der Waals surface area contributed by atoms with Gasteiger partial charge in [0.25, 0.3) is 0 Å². The number of ether oxygens (including phenoxy) is 1. The molecule has 23 heavy (non-hydrogen) atoms. The molecule has 2 heterocycles. The quantitative estimate of drug-likeness (QED) is 0.883. The summed E-state index contributed by atoms with van der Waals surface area (Å²) in [5, 5.41) is 15.5. The monoisotopic (exact) mass is 309 g/mol. The van der Waals surface area contributed by atoms with Crippen LogP contribution in [0.25, 0.3) is 0 Å². The van der Waals surface area contributed by atoms with Crippen molar-refractivity contribution in [1.29, 1.82) is 5.26 Å². The highest BCUT2D eigenvalue weighted by atomic mass is 16.5. The molecule has 1 aromatic carbocycles. The maximum atomic E-state index is 8.96. The Morgan fingerprint density at radius 2 is 2.17 bits per heavy atom. The maximum absolute atomic E-state index is 8.96. The van der Waals surface area contributed by atoms with Gasteiger partial charge < -0.3 is 15.4 Å². The van der Waals surface area contributed by atoms with Crippen molar-refractivity contribution in [2.45, 2.75) is 25.9 Å². The fourth-order valence-electron chi connectivity index (χ4n) is 2.56. The maximum Gasteiger partial charge on any atom is 0.136 e. The Kier molecular flexibility index (Phi) is 4.69. The van der Waals surface area contributed by atoms with Gasteiger partial charge in [0, 0.05) is 24.9 Å². The first-order valence-corrected chi connectivity index (χ1v) is 7.71. The van der Waals surface area contributed by atoms with Crippen molar-refractivity contribution in [3.63, 3.8) is 0 Å². The molecule has 3 rings (SSSR count). The van der Waals surface area contributed by atoms with Crippen molar-refractivity contribution < 1.29 is 4.74 Å². The van der Waals surface area contributed by atoms with Gasteiger partial charge in [0.15, 0.2) is 0 Å². The topological polar surface area (TPSA) is 82.9 Å². The fourth-order valence-corrected chi connectivity index (χ4v) is 2.56. The molecular formula is C17H19N5O. The summed E-state index contributed by atoms with van der Waals surface area (Å²) >= 11 is 0. The molecule has 6 nitrogen and oxygen atoms in total. The predicted molar refractivity (Wildman–Crippen MR) is 88.7 cm³/mol. The van der Waals surface area contributed by atoms with Crippen LogP contribution in [-0.2, 0) is 4.74 Å². The Hall–Kier alpha value is -2.65. The van der Waals surface area contributed by atoms with Gasteiger partial charge in [0.05, 0.1) is 17.7 Å². The van der Waals surface area contributed by atoms with Crippen LogP contribution in [0.5, 0.6) is 0 Å². The number of benzene rings is 1. The zero-order chi connectivity index (χ0) is 16.1. The second-order valence-corrected chi connectivity index (χ2v) is 5.52. The summed E-state index contributed by atoms with van der Waals surface area (Å²) in [5.41, 5.74) is 1.43. The third-order valence-electron chi connectivity index (χ3n) is 3.64. The Morgan fingerprint density at radius 3 is 2.96 bits per heavy atom. The van der Waals surface area contributed by atoms with Gasteiger partial charge in [-0.05, 0) is 38.0 Å². The molecule has 1 saturated heterocycles. The SMILES string of the molecule is Cc1nc(NCC2CCCO2)cc(Nc2cccc(C#N)c2)n1. The number of nitrogens with one attached hydrogen (secondary N) is 2. The Balaban J connectivity index is 1.70. The van der Waals surface area contributed by atoms with Crippen molar-refractivity contribution in [3.8, 4) is 6.07 Å². The Labute approximate surface area is 135 Å². The minimum Gasteiger partial charge on any atom is -0.376 e. The molecule has 0 saturated carbocycles. The molecule has 0 amide bonds. The van der Waals surface area contributed by atoms with E-state index in [0.29, 0.717) is 17.2 Å². The highest BCUT2D eigenvalue weighted by Crippen LogP contribution is 2.19. The van der Waals surface area contributed by atoms with Crippen LogP contribution in [-0.4, -0.2) is 29.2 Å². The summed E-state index contributed by atoms with van der Waals surface area (Å²) in [6.07, 6.45) is 2.47. The molecule has 2 aromatic rings. The van der Waals surface area contributed by atoms with E-state index in [4.69, 9.17) is 10.00 Å². The van der Waals surface area contributed by atoms with E-state index < -0.39 is 0 Å². The minimum absolute atomic E-state index is 0.258. The lowest BCUT2D eigenvalue weighted by molar-refractivity contribution is 0.120. The van der Waals surface area contributed by atoms with Gasteiger partial charge in [-0.2, -0.15) is 5.26 Å². The van der Waals surface area contributed by atoms with Gasteiger partial charge in [-0.15, -0.1) is 0 Å². The van der Waals surface area contributed by atoms with Crippen molar-refractivity contribution in [2.75, 3.05) is 23.8 Å². The van der Waals surface area contributed by atoms with E-state index in [1.54, 1.807) is 12.1 Å². The molecule has 1 atom stereocenters. The summed E-state index contributed by atoms with van der Waals surface area (Å²) in [4.78, 5) is 8.79. The van der Waals surface area contributed by atoms with E-state index in [2.05, 4.69) is 26.7 Å². The molecule has 0 radical (unpaired) electrons. The number of anilines is 3. The highest BCUT2D eigenvalue weighted by Gasteiger charge is 2.15. The summed E-state index contributed by atoms with van der Waals surface area (Å²) in [7, 11) is 0. The van der Waals surface area contributed by atoms with E-state index in [1.807, 2.05) is 25.1 Å². The fraction of sp³-hybridized carbons (Fsp3) is 0.353. The van der Waals surface area contributed by atoms with Gasteiger partial charge in [0.2, 0.25) is 0 Å². The number of rotatable bonds is 5. The minimum atomic E-state index is 0.258. The van der Waals surface area contributed by atoms with Crippen LogP contribution in [0, 0.1) is 18.3 Å². The average molecular weight is 309 g/mol. The first kappa shape index (κ1) is 15.3. The summed E-state index contributed by atoms with van der Waals surface area (Å²) in [5.74, 6) is 2.15. The lowest BCUT2D eigenvalue weighted by Gasteiger charge is -2.13. The van der Waals surface area contributed by atoms with Gasteiger partial charge in [-0.1, -0.05) is 6.07 Å². The van der Waals surface area contributed by atoms with E-state index in [1.165, 1.54) is 0 Å². The summed E-state index contributed by atoms with van der Waals surface area (Å²) < 4.78 is 5.60. The van der Waals surface area contributed by atoms with Crippen LogP contribution in [0.1, 0.15) is 24.2 Å². The van der Waals surface area contributed by atoms with Gasteiger partial charge in [-0.3, -0.25) is 0 Å². The van der Waals surface area contributed by atoms with Crippen molar-refractivity contribution >= 4 is 17.3 Å². The van der Waals surface area contributed by atoms with Crippen LogP contribution < -0.4 is 10.6 Å². The van der Waals surface area contributed by atoms with E-state index >= 15 is 0 Å². The zero-order valence-corrected chi connectivity index (χ0v) is 13.0. The first-order chi connectivity index (χ1) is 11.2. The molecule has 0 aliphatic carbocycles. The second-order valence-electron chi connectivity index (χ2n) is 5.52. The molecule has 0 bridgehead atoms. The lowest BCUT2D eigenvalue weighted by atomic mass is 10.2. The van der Waals surface area contributed by atoms with Crippen LogP contribution in [0.3, 0.4) is 0 Å². The number of nitrogens with zero attached hydrogens (tertiary/aromatic N) is 3. The smallest absolute Gasteiger partial charge is 0.136 e. The van der Waals surface area contributed by atoms with Crippen LogP contribution in [0.4, 0.5) is 17.3 Å². The largest absolute Gasteiger partial charge is 0.376 e. The molecule has 0 spiro atoms. The standard InChI is InChI=1S/C17H19N5O/c1-12-20-16(19-11-15-6-3-7-23-15)9-17(21-12)22-14-5-2-4-13(8-14)10-18/h2,4-5,8-9,15H,3,6-7,11H2,1H3,(H2,19,20,21,22). The average Bonchev–Trinajstić information content (AvgIpc) is 3.06. The number of hydrogen-bond donors (Lipinski definition) is 2. The third-order valence-corrected chi connectivity index (χ3v) is 3.64. The van der Waals surface area contributed by atoms with Crippen molar-refractivity contribution in [2.24, 2.45) is 0 Å². The Bertz CT molecular complexity index is 719. The summed E-state index contributed by atoms with van der Waals surface area (Å²) in [6.45, 7) is 3.45. The lowest BCUT2D eigenvalue weighted by Crippen LogP contribution is -2.19. The summed E-state index contributed by atoms with van der Waals surface area (Å²) in [6, 6.07) is 11.3. The first-order valence-electron chi connectivity index (χ1n) is 7.71. The second kappa shape index (κ2) is 7.07. The molecule has 1 aromatic heterocycles. The van der Waals surface area contributed by atoms with E-state index in [-0.39, 0.29) is 6.10 Å². The zero-order valence-electron chi connectivity index (χ0n) is 13.0. The highest BCUT2D eigenvalue weighted by molar-refractivity contribution is 5.60. The van der Waals surface area contributed by atoms with Gasteiger partial charge in [-0.25, -0.2) is 9.97 Å². The van der Waals surface area contributed by atoms with Crippen LogP contribution >= 0.6 is 0 Å². The number of nitriles is 1. The van der Waals surface area contributed by atoms with Crippen LogP contribution in [0.15, 0.2) is 30.3 Å². The molecule has 1 fully saturated rings. The molecule has 118 valence electrons. The predicted octanol–water partition coefficient (Wildman–Crippen LogP) is 2.99. The van der Waals surface area contributed by atoms with Gasteiger partial charge >= 0.3 is 0 Å². The molecular weight excluding hydrogens is 290 g/mol. The number of aryl methyl sites for hydroxylation is 1. The van der Waals surface area contributed by atoms with Gasteiger partial charge in [0.1, 0.15) is 17.5 Å². The normalized spacial score (nSPS) is 16.8. The molecule has 6 heteroatoms.